The molecule has 0 bridgehead atoms. The maximum atomic E-state index is 5.79. The molecule has 0 aliphatic carbocycles. The van der Waals surface area contributed by atoms with Gasteiger partial charge < -0.3 is 10.5 Å². The minimum Gasteiger partial charge on any atom is -0.487 e. The molecule has 4 nitrogen and oxygen atoms in total. The van der Waals surface area contributed by atoms with Gasteiger partial charge in [-0.05, 0) is 50.1 Å². The quantitative estimate of drug-likeness (QED) is 0.844. The van der Waals surface area contributed by atoms with Crippen LogP contribution in [-0.4, -0.2) is 16.3 Å². The molecule has 0 spiro atoms. The fourth-order valence-corrected chi connectivity index (χ4v) is 2.00. The zero-order valence-corrected chi connectivity index (χ0v) is 12.2. The predicted octanol–water partition coefficient (Wildman–Crippen LogP) is 2.93. The first kappa shape index (κ1) is 14.6. The Morgan fingerprint density at radius 2 is 2.20 bits per heavy atom. The van der Waals surface area contributed by atoms with Gasteiger partial charge in [0.2, 0.25) is 0 Å². The predicted molar refractivity (Wildman–Crippen MR) is 80.8 cm³/mol. The Morgan fingerprint density at radius 3 is 2.95 bits per heavy atom. The van der Waals surface area contributed by atoms with Gasteiger partial charge in [-0.3, -0.25) is 4.68 Å². The lowest BCUT2D eigenvalue weighted by Crippen LogP contribution is -2.06. The van der Waals surface area contributed by atoms with Crippen molar-refractivity contribution in [1.29, 1.82) is 0 Å². The largest absolute Gasteiger partial charge is 0.487 e. The van der Waals surface area contributed by atoms with Crippen LogP contribution in [0, 0.1) is 0 Å². The van der Waals surface area contributed by atoms with Crippen molar-refractivity contribution < 1.29 is 4.74 Å². The van der Waals surface area contributed by atoms with Crippen LogP contribution in [0.15, 0.2) is 36.5 Å². The molecule has 0 aliphatic rings. The molecule has 0 aliphatic heterocycles. The van der Waals surface area contributed by atoms with E-state index in [-0.39, 0.29) is 0 Å². The second-order valence-corrected chi connectivity index (χ2v) is 5.02. The van der Waals surface area contributed by atoms with Crippen molar-refractivity contribution in [1.82, 2.24) is 9.78 Å². The lowest BCUT2D eigenvalue weighted by molar-refractivity contribution is 0.298. The van der Waals surface area contributed by atoms with Crippen molar-refractivity contribution in [2.75, 3.05) is 6.54 Å². The van der Waals surface area contributed by atoms with E-state index < -0.39 is 0 Å². The third-order valence-electron chi connectivity index (χ3n) is 3.42. The van der Waals surface area contributed by atoms with E-state index in [0.29, 0.717) is 19.2 Å². The van der Waals surface area contributed by atoms with Crippen molar-refractivity contribution in [3.05, 3.63) is 47.8 Å². The van der Waals surface area contributed by atoms with Gasteiger partial charge in [0, 0.05) is 12.2 Å². The molecular weight excluding hydrogens is 250 g/mol. The average Bonchev–Trinajstić information content (AvgIpc) is 2.94. The number of hydrogen-bond acceptors (Lipinski definition) is 3. The van der Waals surface area contributed by atoms with Crippen LogP contribution in [0.2, 0.25) is 0 Å². The highest BCUT2D eigenvalue weighted by Crippen LogP contribution is 2.16. The van der Waals surface area contributed by atoms with Gasteiger partial charge >= 0.3 is 0 Å². The van der Waals surface area contributed by atoms with Crippen LogP contribution in [0.3, 0.4) is 0 Å². The Bertz CT molecular complexity index is 536. The summed E-state index contributed by atoms with van der Waals surface area (Å²) in [4.78, 5) is 0. The van der Waals surface area contributed by atoms with Crippen molar-refractivity contribution in [2.45, 2.75) is 39.3 Å². The van der Waals surface area contributed by atoms with E-state index in [0.717, 1.165) is 24.3 Å². The Hall–Kier alpha value is -1.81. The second-order valence-electron chi connectivity index (χ2n) is 5.02. The van der Waals surface area contributed by atoms with Gasteiger partial charge in [-0.25, -0.2) is 0 Å². The lowest BCUT2D eigenvalue weighted by atomic mass is 10.1. The van der Waals surface area contributed by atoms with Gasteiger partial charge in [-0.1, -0.05) is 19.1 Å². The molecule has 1 atom stereocenters. The maximum Gasteiger partial charge on any atom is 0.132 e. The van der Waals surface area contributed by atoms with E-state index in [1.54, 1.807) is 0 Å². The first-order valence-electron chi connectivity index (χ1n) is 7.18. The number of aromatic nitrogens is 2. The molecule has 1 aromatic carbocycles. The van der Waals surface area contributed by atoms with Crippen molar-refractivity contribution in [3.63, 3.8) is 0 Å². The normalized spacial score (nSPS) is 12.3. The van der Waals surface area contributed by atoms with Crippen molar-refractivity contribution in [2.24, 2.45) is 5.73 Å². The maximum absolute atomic E-state index is 5.79. The standard InChI is InChI=1S/C16H23N3O/c1-3-13(2)19-10-8-15(18-19)12-20-16-6-4-5-14(11-16)7-9-17/h4-6,8,10-11,13H,3,7,9,12,17H2,1-2H3. The number of rotatable bonds is 7. The first-order valence-corrected chi connectivity index (χ1v) is 7.18. The Morgan fingerprint density at radius 1 is 1.35 bits per heavy atom. The molecule has 1 aromatic heterocycles. The Kier molecular flexibility index (Phi) is 5.18. The van der Waals surface area contributed by atoms with Gasteiger partial charge in [0.1, 0.15) is 12.4 Å². The number of nitrogens with zero attached hydrogens (tertiary/aromatic N) is 2. The highest BCUT2D eigenvalue weighted by Gasteiger charge is 2.05. The second kappa shape index (κ2) is 7.10. The van der Waals surface area contributed by atoms with Crippen LogP contribution in [0.4, 0.5) is 0 Å². The molecule has 0 amide bonds. The summed E-state index contributed by atoms with van der Waals surface area (Å²) >= 11 is 0. The number of hydrogen-bond donors (Lipinski definition) is 1. The molecule has 1 heterocycles. The van der Waals surface area contributed by atoms with E-state index in [4.69, 9.17) is 10.5 Å². The van der Waals surface area contributed by atoms with E-state index in [1.807, 2.05) is 35.1 Å². The van der Waals surface area contributed by atoms with Gasteiger partial charge in [0.05, 0.1) is 5.69 Å². The summed E-state index contributed by atoms with van der Waals surface area (Å²) in [6.07, 6.45) is 3.96. The van der Waals surface area contributed by atoms with Crippen LogP contribution in [0.1, 0.15) is 37.6 Å². The summed E-state index contributed by atoms with van der Waals surface area (Å²) in [6.45, 7) is 5.47. The summed E-state index contributed by atoms with van der Waals surface area (Å²) in [5, 5.41) is 4.53. The number of ether oxygens (including phenoxy) is 1. The molecule has 0 radical (unpaired) electrons. The molecule has 4 heteroatoms. The first-order chi connectivity index (χ1) is 9.72. The molecule has 1 unspecified atom stereocenters. The Balaban J connectivity index is 1.94. The van der Waals surface area contributed by atoms with Crippen molar-refractivity contribution in [3.8, 4) is 5.75 Å². The molecule has 2 rings (SSSR count). The van der Waals surface area contributed by atoms with E-state index in [9.17, 15) is 0 Å². The van der Waals surface area contributed by atoms with Gasteiger partial charge in [-0.15, -0.1) is 0 Å². The van der Waals surface area contributed by atoms with Gasteiger partial charge in [0.25, 0.3) is 0 Å². The van der Waals surface area contributed by atoms with Gasteiger partial charge in [0.15, 0.2) is 0 Å². The SMILES string of the molecule is CCC(C)n1ccc(COc2cccc(CCN)c2)n1. The van der Waals surface area contributed by atoms with Crippen molar-refractivity contribution >= 4 is 0 Å². The van der Waals surface area contributed by atoms with E-state index in [1.165, 1.54) is 5.56 Å². The zero-order chi connectivity index (χ0) is 14.4. The lowest BCUT2D eigenvalue weighted by Gasteiger charge is -2.09. The topological polar surface area (TPSA) is 53.1 Å². The Labute approximate surface area is 120 Å². The van der Waals surface area contributed by atoms with Crippen LogP contribution < -0.4 is 10.5 Å². The summed E-state index contributed by atoms with van der Waals surface area (Å²) in [5.41, 5.74) is 7.72. The molecule has 0 saturated carbocycles. The molecule has 2 N–H and O–H groups in total. The molecular formula is C16H23N3O. The minimum atomic E-state index is 0.427. The fourth-order valence-electron chi connectivity index (χ4n) is 2.00. The van der Waals surface area contributed by atoms with Crippen LogP contribution in [0.5, 0.6) is 5.75 Å². The minimum absolute atomic E-state index is 0.427. The van der Waals surface area contributed by atoms with Crippen LogP contribution in [-0.2, 0) is 13.0 Å². The van der Waals surface area contributed by atoms with Gasteiger partial charge in [-0.2, -0.15) is 5.10 Å². The highest BCUT2D eigenvalue weighted by molar-refractivity contribution is 5.28. The summed E-state index contributed by atoms with van der Waals surface area (Å²) < 4.78 is 7.78. The third kappa shape index (κ3) is 3.84. The average molecular weight is 273 g/mol. The molecule has 108 valence electrons. The summed E-state index contributed by atoms with van der Waals surface area (Å²) in [5.74, 6) is 0.869. The molecule has 2 aromatic rings. The zero-order valence-electron chi connectivity index (χ0n) is 12.2. The smallest absolute Gasteiger partial charge is 0.132 e. The molecule has 20 heavy (non-hydrogen) atoms. The highest BCUT2D eigenvalue weighted by atomic mass is 16.5. The monoisotopic (exact) mass is 273 g/mol. The number of benzene rings is 1. The van der Waals surface area contributed by atoms with E-state index in [2.05, 4.69) is 25.0 Å². The molecule has 0 fully saturated rings. The fraction of sp³-hybridized carbons (Fsp3) is 0.438. The summed E-state index contributed by atoms with van der Waals surface area (Å²) in [6, 6.07) is 10.5. The van der Waals surface area contributed by atoms with Crippen LogP contribution in [0.25, 0.3) is 0 Å². The molecule has 0 saturated heterocycles. The van der Waals surface area contributed by atoms with Crippen LogP contribution >= 0.6 is 0 Å². The summed E-state index contributed by atoms with van der Waals surface area (Å²) in [7, 11) is 0. The third-order valence-corrected chi connectivity index (χ3v) is 3.42. The van der Waals surface area contributed by atoms with E-state index >= 15 is 0 Å². The number of nitrogens with two attached hydrogens (primary N) is 1.